The van der Waals surface area contributed by atoms with Gasteiger partial charge in [-0.25, -0.2) is 3.11 Å². The van der Waals surface area contributed by atoms with Gasteiger partial charge in [-0.15, -0.1) is 0 Å². The molecule has 2 atom stereocenters. The van der Waals surface area contributed by atoms with Crippen LogP contribution in [0.15, 0.2) is 0 Å². The minimum atomic E-state index is 0.380. The third-order valence-corrected chi connectivity index (χ3v) is 3.71. The number of hydrogen-bond donors (Lipinski definition) is 0. The number of nitrogens with zero attached hydrogens (tertiary/aromatic N) is 2. The smallest absolute Gasteiger partial charge is 0.0255 e. The van der Waals surface area contributed by atoms with Gasteiger partial charge in [-0.2, -0.15) is 0 Å². The first-order valence-electron chi connectivity index (χ1n) is 4.67. The highest BCUT2D eigenvalue weighted by Crippen LogP contribution is 2.38. The molecular formula is C9H17IN2. The van der Waals surface area contributed by atoms with Crippen LogP contribution < -0.4 is 0 Å². The molecule has 3 heterocycles. The summed E-state index contributed by atoms with van der Waals surface area (Å²) < 4.78 is 2.43. The zero-order chi connectivity index (χ0) is 8.93. The van der Waals surface area contributed by atoms with Gasteiger partial charge in [-0.1, -0.05) is 0 Å². The Kier molecular flexibility index (Phi) is 2.16. The first-order valence-corrected chi connectivity index (χ1v) is 5.64. The van der Waals surface area contributed by atoms with E-state index in [1.165, 1.54) is 19.5 Å². The van der Waals surface area contributed by atoms with E-state index in [-0.39, 0.29) is 0 Å². The average molecular weight is 280 g/mol. The Labute approximate surface area is 88.8 Å². The summed E-state index contributed by atoms with van der Waals surface area (Å²) in [6.45, 7) is 9.50. The number of hydrogen-bond acceptors (Lipinski definition) is 2. The summed E-state index contributed by atoms with van der Waals surface area (Å²) in [6, 6.07) is 1.67. The lowest BCUT2D eigenvalue weighted by atomic mass is 9.83. The standard InChI is InChI=1S/C9H17IN2/c1-9(2,3)12-7-4-8(12)6-11(10)5-7/h7-8H,4-6H2,1-3H3. The lowest BCUT2D eigenvalue weighted by molar-refractivity contribution is -0.0948. The van der Waals surface area contributed by atoms with Gasteiger partial charge >= 0.3 is 0 Å². The highest BCUT2D eigenvalue weighted by atomic mass is 127. The van der Waals surface area contributed by atoms with Crippen LogP contribution in [0.3, 0.4) is 0 Å². The predicted octanol–water partition coefficient (Wildman–Crippen LogP) is 1.89. The largest absolute Gasteiger partial charge is 0.290 e. The summed E-state index contributed by atoms with van der Waals surface area (Å²) in [5, 5.41) is 0. The second kappa shape index (κ2) is 2.82. The second-order valence-corrected chi connectivity index (χ2v) is 6.31. The molecule has 70 valence electrons. The van der Waals surface area contributed by atoms with Crippen LogP contribution in [-0.4, -0.2) is 38.7 Å². The number of piperazine rings is 1. The first kappa shape index (κ1) is 9.21. The maximum absolute atomic E-state index is 2.68. The van der Waals surface area contributed by atoms with Crippen molar-refractivity contribution in [2.45, 2.75) is 44.8 Å². The zero-order valence-electron chi connectivity index (χ0n) is 8.05. The Morgan fingerprint density at radius 2 is 1.67 bits per heavy atom. The van der Waals surface area contributed by atoms with Crippen LogP contribution in [0.25, 0.3) is 0 Å². The number of halogens is 1. The van der Waals surface area contributed by atoms with Gasteiger partial charge in [0.05, 0.1) is 0 Å². The molecule has 2 nitrogen and oxygen atoms in total. The molecular weight excluding hydrogens is 263 g/mol. The molecule has 0 N–H and O–H groups in total. The molecule has 0 aromatic rings. The van der Waals surface area contributed by atoms with E-state index in [2.05, 4.69) is 51.6 Å². The fraction of sp³-hybridized carbons (Fsp3) is 1.00. The van der Waals surface area contributed by atoms with Crippen molar-refractivity contribution in [1.82, 2.24) is 8.01 Å². The Morgan fingerprint density at radius 1 is 1.17 bits per heavy atom. The van der Waals surface area contributed by atoms with Gasteiger partial charge in [0, 0.05) is 53.6 Å². The van der Waals surface area contributed by atoms with Crippen LogP contribution in [-0.2, 0) is 0 Å². The Hall–Kier alpha value is 0.650. The average Bonchev–Trinajstić information content (AvgIpc) is 1.81. The summed E-state index contributed by atoms with van der Waals surface area (Å²) in [5.74, 6) is 0. The van der Waals surface area contributed by atoms with Gasteiger partial charge in [-0.05, 0) is 27.2 Å². The van der Waals surface area contributed by atoms with Crippen LogP contribution in [0, 0.1) is 0 Å². The normalized spacial score (nSPS) is 38.0. The molecule has 0 radical (unpaired) electrons. The molecule has 0 aromatic carbocycles. The van der Waals surface area contributed by atoms with Crippen LogP contribution >= 0.6 is 22.9 Å². The molecule has 3 fully saturated rings. The van der Waals surface area contributed by atoms with Gasteiger partial charge in [0.25, 0.3) is 0 Å². The fourth-order valence-corrected chi connectivity index (χ4v) is 3.56. The number of fused-ring (bicyclic) bond motifs is 2. The molecule has 3 aliphatic rings. The highest BCUT2D eigenvalue weighted by Gasteiger charge is 2.48. The second-order valence-electron chi connectivity index (χ2n) is 4.95. The van der Waals surface area contributed by atoms with Gasteiger partial charge in [0.1, 0.15) is 0 Å². The van der Waals surface area contributed by atoms with Crippen LogP contribution in [0.2, 0.25) is 0 Å². The molecule has 0 aromatic heterocycles. The van der Waals surface area contributed by atoms with Gasteiger partial charge in [0.15, 0.2) is 0 Å². The van der Waals surface area contributed by atoms with E-state index < -0.39 is 0 Å². The third-order valence-electron chi connectivity index (χ3n) is 2.92. The Morgan fingerprint density at radius 3 is 2.08 bits per heavy atom. The summed E-state index contributed by atoms with van der Waals surface area (Å²) in [5.41, 5.74) is 0.380. The van der Waals surface area contributed by atoms with E-state index in [4.69, 9.17) is 0 Å². The zero-order valence-corrected chi connectivity index (χ0v) is 10.2. The fourth-order valence-electron chi connectivity index (χ4n) is 2.65. The van der Waals surface area contributed by atoms with Crippen molar-refractivity contribution in [3.63, 3.8) is 0 Å². The lowest BCUT2D eigenvalue weighted by Crippen LogP contribution is -2.71. The van der Waals surface area contributed by atoms with Crippen molar-refractivity contribution in [1.29, 1.82) is 0 Å². The first-order chi connectivity index (χ1) is 5.48. The summed E-state index contributed by atoms with van der Waals surface area (Å²) in [6.07, 6.45) is 1.43. The van der Waals surface area contributed by atoms with E-state index in [0.717, 1.165) is 12.1 Å². The molecule has 2 unspecified atom stereocenters. The van der Waals surface area contributed by atoms with Crippen molar-refractivity contribution >= 4 is 22.9 Å². The van der Waals surface area contributed by atoms with Crippen LogP contribution in [0.4, 0.5) is 0 Å². The van der Waals surface area contributed by atoms with Crippen molar-refractivity contribution < 1.29 is 0 Å². The van der Waals surface area contributed by atoms with Crippen molar-refractivity contribution in [2.24, 2.45) is 0 Å². The third kappa shape index (κ3) is 1.40. The maximum atomic E-state index is 2.68. The minimum Gasteiger partial charge on any atom is -0.290 e. The lowest BCUT2D eigenvalue weighted by Gasteiger charge is -2.60. The molecule has 3 aliphatic heterocycles. The van der Waals surface area contributed by atoms with Crippen molar-refractivity contribution in [3.05, 3.63) is 0 Å². The van der Waals surface area contributed by atoms with Crippen LogP contribution in [0.5, 0.6) is 0 Å². The maximum Gasteiger partial charge on any atom is 0.0255 e. The molecule has 12 heavy (non-hydrogen) atoms. The molecule has 3 rings (SSSR count). The summed E-state index contributed by atoms with van der Waals surface area (Å²) in [7, 11) is 0. The van der Waals surface area contributed by atoms with Gasteiger partial charge in [-0.3, -0.25) is 4.90 Å². The van der Waals surface area contributed by atoms with E-state index in [0.29, 0.717) is 5.54 Å². The highest BCUT2D eigenvalue weighted by molar-refractivity contribution is 14.1. The quantitative estimate of drug-likeness (QED) is 0.494. The Bertz CT molecular complexity index is 175. The predicted molar refractivity (Wildman–Crippen MR) is 59.4 cm³/mol. The summed E-state index contributed by atoms with van der Waals surface area (Å²) >= 11 is 2.45. The number of rotatable bonds is 0. The van der Waals surface area contributed by atoms with Crippen LogP contribution in [0.1, 0.15) is 27.2 Å². The molecule has 0 amide bonds. The minimum absolute atomic E-state index is 0.380. The molecule has 0 spiro atoms. The SMILES string of the molecule is CC(C)(C)N1C2CC1CN(I)C2. The Balaban J connectivity index is 2.05. The molecule has 0 aliphatic carbocycles. The van der Waals surface area contributed by atoms with E-state index in [1.54, 1.807) is 0 Å². The molecule has 0 saturated carbocycles. The molecule has 3 saturated heterocycles. The summed E-state index contributed by atoms with van der Waals surface area (Å²) in [4.78, 5) is 2.68. The van der Waals surface area contributed by atoms with E-state index >= 15 is 0 Å². The van der Waals surface area contributed by atoms with Gasteiger partial charge < -0.3 is 0 Å². The topological polar surface area (TPSA) is 6.48 Å². The van der Waals surface area contributed by atoms with Crippen molar-refractivity contribution in [3.8, 4) is 0 Å². The number of piperidine rings is 1. The molecule has 2 bridgehead atoms. The van der Waals surface area contributed by atoms with E-state index in [1.807, 2.05) is 0 Å². The van der Waals surface area contributed by atoms with Gasteiger partial charge in [0.2, 0.25) is 0 Å². The molecule has 3 heteroatoms. The van der Waals surface area contributed by atoms with Crippen molar-refractivity contribution in [2.75, 3.05) is 13.1 Å². The van der Waals surface area contributed by atoms with E-state index in [9.17, 15) is 0 Å². The monoisotopic (exact) mass is 280 g/mol.